The molecule has 0 amide bonds. The predicted octanol–water partition coefficient (Wildman–Crippen LogP) is 3.86. The lowest BCUT2D eigenvalue weighted by Crippen LogP contribution is -2.15. The zero-order valence-electron chi connectivity index (χ0n) is 16.2. The molecule has 1 aromatic heterocycles. The zero-order valence-corrected chi connectivity index (χ0v) is 16.2. The number of ether oxygens (including phenoxy) is 2. The van der Waals surface area contributed by atoms with E-state index in [9.17, 15) is 19.7 Å². The van der Waals surface area contributed by atoms with Crippen LogP contribution in [-0.4, -0.2) is 18.0 Å². The van der Waals surface area contributed by atoms with Crippen molar-refractivity contribution >= 4 is 22.6 Å². The van der Waals surface area contributed by atoms with Gasteiger partial charge in [0.2, 0.25) is 0 Å². The first-order valence-corrected chi connectivity index (χ1v) is 8.86. The van der Waals surface area contributed by atoms with E-state index in [-0.39, 0.29) is 24.3 Å². The van der Waals surface area contributed by atoms with Crippen LogP contribution in [0.15, 0.2) is 45.6 Å². The molecule has 3 rings (SSSR count). The van der Waals surface area contributed by atoms with E-state index in [0.717, 1.165) is 10.9 Å². The number of benzene rings is 2. The van der Waals surface area contributed by atoms with Gasteiger partial charge in [-0.05, 0) is 50.1 Å². The molecule has 0 radical (unpaired) electrons. The highest BCUT2D eigenvalue weighted by Crippen LogP contribution is 2.25. The van der Waals surface area contributed by atoms with Gasteiger partial charge in [-0.1, -0.05) is 0 Å². The van der Waals surface area contributed by atoms with Crippen molar-refractivity contribution in [3.63, 3.8) is 0 Å². The molecule has 0 saturated carbocycles. The van der Waals surface area contributed by atoms with Gasteiger partial charge in [-0.15, -0.1) is 0 Å². The maximum atomic E-state index is 12.3. The van der Waals surface area contributed by atoms with Crippen molar-refractivity contribution in [1.29, 1.82) is 0 Å². The summed E-state index contributed by atoms with van der Waals surface area (Å²) in [4.78, 5) is 34.9. The van der Waals surface area contributed by atoms with Crippen molar-refractivity contribution in [2.24, 2.45) is 0 Å². The molecule has 0 bridgehead atoms. The summed E-state index contributed by atoms with van der Waals surface area (Å²) in [6.45, 7) is 3.36. The van der Waals surface area contributed by atoms with Gasteiger partial charge in [-0.2, -0.15) is 0 Å². The molecule has 3 aromatic rings. The first kappa shape index (κ1) is 20.1. The molecular weight excluding hydrogens is 378 g/mol. The second-order valence-electron chi connectivity index (χ2n) is 6.53. The van der Waals surface area contributed by atoms with Gasteiger partial charge in [-0.3, -0.25) is 14.9 Å². The number of carbonyl (C=O) groups is 1. The molecular formula is C21H19NO7. The smallest absolute Gasteiger partial charge is 0.339 e. The van der Waals surface area contributed by atoms with Crippen molar-refractivity contribution in [1.82, 2.24) is 0 Å². The number of hydrogen-bond donors (Lipinski definition) is 0. The quantitative estimate of drug-likeness (QED) is 0.204. The van der Waals surface area contributed by atoms with Crippen LogP contribution in [0.5, 0.6) is 11.5 Å². The first-order chi connectivity index (χ1) is 13.8. The van der Waals surface area contributed by atoms with Crippen LogP contribution >= 0.6 is 0 Å². The highest BCUT2D eigenvalue weighted by atomic mass is 16.6. The number of nitro benzene ring substituents is 1. The van der Waals surface area contributed by atoms with E-state index in [2.05, 4.69) is 0 Å². The molecule has 8 nitrogen and oxygen atoms in total. The van der Waals surface area contributed by atoms with Gasteiger partial charge >= 0.3 is 11.6 Å². The van der Waals surface area contributed by atoms with Crippen LogP contribution in [-0.2, 0) is 11.2 Å². The highest BCUT2D eigenvalue weighted by Gasteiger charge is 2.16. The van der Waals surface area contributed by atoms with Gasteiger partial charge in [0.1, 0.15) is 17.1 Å². The van der Waals surface area contributed by atoms with Crippen LogP contribution in [0.25, 0.3) is 11.0 Å². The molecule has 2 aromatic carbocycles. The second-order valence-corrected chi connectivity index (χ2v) is 6.53. The zero-order chi connectivity index (χ0) is 21.1. The van der Waals surface area contributed by atoms with E-state index in [4.69, 9.17) is 13.9 Å². The summed E-state index contributed by atoms with van der Waals surface area (Å²) in [6, 6.07) is 9.29. The van der Waals surface area contributed by atoms with Crippen molar-refractivity contribution in [3.05, 3.63) is 73.6 Å². The molecule has 0 aliphatic carbocycles. The van der Waals surface area contributed by atoms with Gasteiger partial charge in [-0.25, -0.2) is 4.79 Å². The number of hydrogen-bond acceptors (Lipinski definition) is 7. The summed E-state index contributed by atoms with van der Waals surface area (Å²) < 4.78 is 15.7. The highest BCUT2D eigenvalue weighted by molar-refractivity contribution is 5.82. The summed E-state index contributed by atoms with van der Waals surface area (Å²) in [7, 11) is 1.53. The summed E-state index contributed by atoms with van der Waals surface area (Å²) in [6.07, 6.45) is 0.115. The Bertz CT molecular complexity index is 1160. The van der Waals surface area contributed by atoms with E-state index in [0.29, 0.717) is 22.5 Å². The third-order valence-corrected chi connectivity index (χ3v) is 4.67. The fourth-order valence-corrected chi connectivity index (χ4v) is 3.10. The number of carbonyl (C=O) groups excluding carboxylic acids is 1. The van der Waals surface area contributed by atoms with Gasteiger partial charge < -0.3 is 13.9 Å². The lowest BCUT2D eigenvalue weighted by Gasteiger charge is -2.09. The van der Waals surface area contributed by atoms with Crippen LogP contribution in [0, 0.1) is 24.0 Å². The molecule has 0 spiro atoms. The van der Waals surface area contributed by atoms with Crippen molar-refractivity contribution in [2.45, 2.75) is 26.7 Å². The molecule has 0 atom stereocenters. The van der Waals surface area contributed by atoms with E-state index < -0.39 is 16.5 Å². The molecule has 0 unspecified atom stereocenters. The monoisotopic (exact) mass is 397 g/mol. The van der Waals surface area contributed by atoms with Gasteiger partial charge in [0.05, 0.1) is 18.5 Å². The van der Waals surface area contributed by atoms with E-state index in [1.54, 1.807) is 32.0 Å². The molecule has 0 fully saturated rings. The third-order valence-electron chi connectivity index (χ3n) is 4.67. The number of esters is 1. The third kappa shape index (κ3) is 4.26. The number of rotatable bonds is 6. The Kier molecular flexibility index (Phi) is 5.63. The maximum Gasteiger partial charge on any atom is 0.339 e. The number of nitro groups is 1. The Morgan fingerprint density at radius 3 is 2.52 bits per heavy atom. The van der Waals surface area contributed by atoms with Gasteiger partial charge in [0.15, 0.2) is 0 Å². The number of aryl methyl sites for hydroxylation is 2. The van der Waals surface area contributed by atoms with E-state index >= 15 is 0 Å². The summed E-state index contributed by atoms with van der Waals surface area (Å²) in [5, 5.41) is 11.6. The summed E-state index contributed by atoms with van der Waals surface area (Å²) in [5.41, 5.74) is 1.38. The minimum atomic E-state index is -0.549. The number of methoxy groups -OCH3 is 1. The molecule has 8 heteroatoms. The SMILES string of the molecule is COc1ccc2c(C)c(CCC(=O)Oc3ccc([N+](=O)[O-])c(C)c3)c(=O)oc2c1. The van der Waals surface area contributed by atoms with Crippen LogP contribution in [0.4, 0.5) is 5.69 Å². The molecule has 0 aliphatic rings. The first-order valence-electron chi connectivity index (χ1n) is 8.86. The Labute approximate surface area is 165 Å². The van der Waals surface area contributed by atoms with Crippen LogP contribution in [0.1, 0.15) is 23.1 Å². The normalized spacial score (nSPS) is 10.7. The van der Waals surface area contributed by atoms with Crippen molar-refractivity contribution in [2.75, 3.05) is 7.11 Å². The molecule has 1 heterocycles. The maximum absolute atomic E-state index is 12.3. The lowest BCUT2D eigenvalue weighted by molar-refractivity contribution is -0.385. The molecule has 0 N–H and O–H groups in total. The number of fused-ring (bicyclic) bond motifs is 1. The average Bonchev–Trinajstić information content (AvgIpc) is 2.67. The minimum absolute atomic E-state index is 0.0384. The number of nitrogens with zero attached hydrogens (tertiary/aromatic N) is 1. The summed E-state index contributed by atoms with van der Waals surface area (Å²) >= 11 is 0. The van der Waals surface area contributed by atoms with E-state index in [1.165, 1.54) is 25.3 Å². The Hall–Kier alpha value is -3.68. The summed E-state index contributed by atoms with van der Waals surface area (Å²) in [5.74, 6) is 0.245. The molecule has 0 saturated heterocycles. The molecule has 29 heavy (non-hydrogen) atoms. The Morgan fingerprint density at radius 1 is 1.14 bits per heavy atom. The van der Waals surface area contributed by atoms with Crippen LogP contribution < -0.4 is 15.1 Å². The van der Waals surface area contributed by atoms with Gasteiger partial charge in [0.25, 0.3) is 5.69 Å². The Morgan fingerprint density at radius 2 is 1.86 bits per heavy atom. The van der Waals surface area contributed by atoms with Gasteiger partial charge in [0, 0.05) is 28.6 Å². The Balaban J connectivity index is 1.75. The molecule has 150 valence electrons. The fraction of sp³-hybridized carbons (Fsp3) is 0.238. The second kappa shape index (κ2) is 8.14. The average molecular weight is 397 g/mol. The topological polar surface area (TPSA) is 109 Å². The van der Waals surface area contributed by atoms with Crippen molar-refractivity contribution < 1.29 is 23.6 Å². The molecule has 0 aliphatic heterocycles. The predicted molar refractivity (Wildman–Crippen MR) is 106 cm³/mol. The van der Waals surface area contributed by atoms with E-state index in [1.807, 2.05) is 0 Å². The van der Waals surface area contributed by atoms with Crippen molar-refractivity contribution in [3.8, 4) is 11.5 Å². The lowest BCUT2D eigenvalue weighted by atomic mass is 10.0. The largest absolute Gasteiger partial charge is 0.497 e. The fourth-order valence-electron chi connectivity index (χ4n) is 3.10. The standard InChI is InChI=1S/C21H19NO7/c1-12-10-15(5-8-18(12)22(25)26)28-20(23)9-7-17-13(2)16-6-4-14(27-3)11-19(16)29-21(17)24/h4-6,8,10-11H,7,9H2,1-3H3. The minimum Gasteiger partial charge on any atom is -0.497 e. The van der Waals surface area contributed by atoms with Crippen LogP contribution in [0.3, 0.4) is 0 Å². The van der Waals surface area contributed by atoms with Crippen LogP contribution in [0.2, 0.25) is 0 Å².